The first-order chi connectivity index (χ1) is 10.0. The molecule has 2 aromatic rings. The van der Waals surface area contributed by atoms with Crippen molar-refractivity contribution in [3.05, 3.63) is 65.7 Å². The third-order valence-electron chi connectivity index (χ3n) is 2.95. The van der Waals surface area contributed by atoms with Gasteiger partial charge in [-0.2, -0.15) is 13.5 Å². The van der Waals surface area contributed by atoms with Crippen molar-refractivity contribution in [2.24, 2.45) is 0 Å². The standard InChI is InChI=1S/C14H9NO5S/c16-13-11-8-4-5-9-12(11)14(17)21(18,19)20-15(13)10-6-2-1-3-7-10/h1-9H. The molecule has 1 aliphatic rings. The highest BCUT2D eigenvalue weighted by molar-refractivity contribution is 8.02. The first-order valence-electron chi connectivity index (χ1n) is 5.98. The number of nitrogens with zero attached hydrogens (tertiary/aromatic N) is 1. The number of fused-ring (bicyclic) bond motifs is 1. The highest BCUT2D eigenvalue weighted by Crippen LogP contribution is 2.26. The van der Waals surface area contributed by atoms with E-state index >= 15 is 0 Å². The summed E-state index contributed by atoms with van der Waals surface area (Å²) in [5.41, 5.74) is 0.00365. The number of carbonyl (C=O) groups is 2. The van der Waals surface area contributed by atoms with Crippen LogP contribution in [0.1, 0.15) is 20.7 Å². The molecule has 0 atom stereocenters. The van der Waals surface area contributed by atoms with Crippen LogP contribution in [0.5, 0.6) is 0 Å². The van der Waals surface area contributed by atoms with Gasteiger partial charge in [-0.15, -0.1) is 4.28 Å². The van der Waals surface area contributed by atoms with Gasteiger partial charge in [0.2, 0.25) is 0 Å². The van der Waals surface area contributed by atoms with Crippen LogP contribution < -0.4 is 5.06 Å². The molecule has 1 amide bonds. The Labute approximate surface area is 120 Å². The number of hydroxylamine groups is 1. The predicted molar refractivity (Wildman–Crippen MR) is 74.0 cm³/mol. The minimum Gasteiger partial charge on any atom is -0.273 e. The minimum atomic E-state index is -4.58. The quantitative estimate of drug-likeness (QED) is 0.801. The molecule has 0 unspecified atom stereocenters. The number of benzene rings is 2. The maximum Gasteiger partial charge on any atom is 0.357 e. The summed E-state index contributed by atoms with van der Waals surface area (Å²) < 4.78 is 28.6. The van der Waals surface area contributed by atoms with Crippen LogP contribution in [0, 0.1) is 0 Å². The molecule has 1 heterocycles. The van der Waals surface area contributed by atoms with Crippen molar-refractivity contribution >= 4 is 26.8 Å². The Morgan fingerprint density at radius 1 is 0.810 bits per heavy atom. The van der Waals surface area contributed by atoms with Crippen LogP contribution in [0.4, 0.5) is 5.69 Å². The molecule has 3 rings (SSSR count). The van der Waals surface area contributed by atoms with E-state index in [1.54, 1.807) is 24.3 Å². The van der Waals surface area contributed by atoms with E-state index < -0.39 is 21.1 Å². The third kappa shape index (κ3) is 2.22. The van der Waals surface area contributed by atoms with Gasteiger partial charge in [-0.1, -0.05) is 30.3 Å². The number of para-hydroxylation sites is 1. The largest absolute Gasteiger partial charge is 0.357 e. The number of rotatable bonds is 1. The van der Waals surface area contributed by atoms with Crippen molar-refractivity contribution < 1.29 is 22.3 Å². The van der Waals surface area contributed by atoms with E-state index in [4.69, 9.17) is 4.28 Å². The fraction of sp³-hybridized carbons (Fsp3) is 0. The van der Waals surface area contributed by atoms with Crippen LogP contribution in [-0.4, -0.2) is 19.4 Å². The fourth-order valence-corrected chi connectivity index (χ4v) is 2.85. The summed E-state index contributed by atoms with van der Waals surface area (Å²) in [6.45, 7) is 0. The van der Waals surface area contributed by atoms with Gasteiger partial charge in [-0.25, -0.2) is 0 Å². The molecule has 0 saturated heterocycles. The molecule has 6 nitrogen and oxygen atoms in total. The van der Waals surface area contributed by atoms with E-state index in [9.17, 15) is 18.0 Å². The lowest BCUT2D eigenvalue weighted by atomic mass is 10.1. The zero-order valence-electron chi connectivity index (χ0n) is 10.6. The molecule has 21 heavy (non-hydrogen) atoms. The fourth-order valence-electron chi connectivity index (χ4n) is 1.98. The molecule has 0 saturated carbocycles. The van der Waals surface area contributed by atoms with E-state index in [1.165, 1.54) is 30.3 Å². The average Bonchev–Trinajstić information content (AvgIpc) is 2.58. The van der Waals surface area contributed by atoms with Gasteiger partial charge in [0, 0.05) is 5.56 Å². The SMILES string of the molecule is O=C1c2ccccc2C(=O)S(=O)(=O)ON1c1ccccc1. The molecule has 0 bridgehead atoms. The molecule has 0 aliphatic carbocycles. The molecular formula is C14H9NO5S. The monoisotopic (exact) mass is 303 g/mol. The maximum atomic E-state index is 12.5. The van der Waals surface area contributed by atoms with Gasteiger partial charge < -0.3 is 0 Å². The second kappa shape index (κ2) is 4.80. The predicted octanol–water partition coefficient (Wildman–Crippen LogP) is 1.75. The number of hydrogen-bond acceptors (Lipinski definition) is 5. The molecule has 0 spiro atoms. The second-order valence-corrected chi connectivity index (χ2v) is 5.72. The lowest BCUT2D eigenvalue weighted by Gasteiger charge is -2.17. The van der Waals surface area contributed by atoms with Crippen LogP contribution in [0.25, 0.3) is 0 Å². The Balaban J connectivity index is 2.23. The lowest BCUT2D eigenvalue weighted by molar-refractivity contribution is 0.0888. The summed E-state index contributed by atoms with van der Waals surface area (Å²) in [5, 5.41) is -0.621. The highest BCUT2D eigenvalue weighted by Gasteiger charge is 2.38. The van der Waals surface area contributed by atoms with Crippen molar-refractivity contribution in [1.82, 2.24) is 0 Å². The van der Waals surface area contributed by atoms with Crippen LogP contribution in [0.3, 0.4) is 0 Å². The lowest BCUT2D eigenvalue weighted by Crippen LogP contribution is -2.32. The number of amides is 1. The zero-order chi connectivity index (χ0) is 15.0. The maximum absolute atomic E-state index is 12.5. The van der Waals surface area contributed by atoms with E-state index in [0.29, 0.717) is 5.06 Å². The highest BCUT2D eigenvalue weighted by atomic mass is 32.2. The van der Waals surface area contributed by atoms with Crippen molar-refractivity contribution in [3.8, 4) is 0 Å². The number of carbonyl (C=O) groups excluding carboxylic acids is 2. The molecule has 1 aliphatic heterocycles. The third-order valence-corrected chi connectivity index (χ3v) is 3.97. The van der Waals surface area contributed by atoms with Gasteiger partial charge in [0.15, 0.2) is 0 Å². The van der Waals surface area contributed by atoms with E-state index in [1.807, 2.05) is 0 Å². The van der Waals surface area contributed by atoms with Crippen molar-refractivity contribution in [1.29, 1.82) is 0 Å². The molecule has 106 valence electrons. The molecule has 7 heteroatoms. The van der Waals surface area contributed by atoms with Gasteiger partial charge >= 0.3 is 15.2 Å². The van der Waals surface area contributed by atoms with Gasteiger partial charge in [0.05, 0.1) is 11.3 Å². The first kappa shape index (κ1) is 13.5. The average molecular weight is 303 g/mol. The summed E-state index contributed by atoms with van der Waals surface area (Å²) in [6.07, 6.45) is 0. The summed E-state index contributed by atoms with van der Waals surface area (Å²) in [5.74, 6) is -0.716. The Morgan fingerprint density at radius 3 is 2.05 bits per heavy atom. The van der Waals surface area contributed by atoms with Crippen molar-refractivity contribution in [2.75, 3.05) is 5.06 Å². The summed E-state index contributed by atoms with van der Waals surface area (Å²) in [6, 6.07) is 13.7. The van der Waals surface area contributed by atoms with Crippen molar-refractivity contribution in [2.45, 2.75) is 0 Å². The number of hydrogen-bond donors (Lipinski definition) is 0. The topological polar surface area (TPSA) is 80.8 Å². The smallest absolute Gasteiger partial charge is 0.273 e. The Bertz CT molecular complexity index is 829. The Morgan fingerprint density at radius 2 is 1.38 bits per heavy atom. The van der Waals surface area contributed by atoms with Crippen LogP contribution >= 0.6 is 0 Å². The summed E-state index contributed by atoms with van der Waals surface area (Å²) in [4.78, 5) is 24.4. The minimum absolute atomic E-state index is 0.0209. The van der Waals surface area contributed by atoms with E-state index in [2.05, 4.69) is 0 Å². The Kier molecular flexibility index (Phi) is 3.08. The summed E-state index contributed by atoms with van der Waals surface area (Å²) >= 11 is 0. The first-order valence-corrected chi connectivity index (χ1v) is 7.39. The molecule has 0 N–H and O–H groups in total. The second-order valence-electron chi connectivity index (χ2n) is 4.30. The van der Waals surface area contributed by atoms with E-state index in [-0.39, 0.29) is 16.8 Å². The van der Waals surface area contributed by atoms with Gasteiger partial charge in [-0.05, 0) is 24.3 Å². The normalized spacial score (nSPS) is 17.2. The van der Waals surface area contributed by atoms with Crippen LogP contribution in [0.2, 0.25) is 0 Å². The van der Waals surface area contributed by atoms with Gasteiger partial charge in [-0.3, -0.25) is 9.59 Å². The molecule has 2 aromatic carbocycles. The van der Waals surface area contributed by atoms with Crippen LogP contribution in [-0.2, 0) is 14.4 Å². The van der Waals surface area contributed by atoms with Crippen LogP contribution in [0.15, 0.2) is 54.6 Å². The molecule has 0 fully saturated rings. The molecule has 0 aromatic heterocycles. The molecular weight excluding hydrogens is 294 g/mol. The van der Waals surface area contributed by atoms with Gasteiger partial charge in [0.1, 0.15) is 0 Å². The Hall–Kier alpha value is -2.51. The van der Waals surface area contributed by atoms with E-state index in [0.717, 1.165) is 0 Å². The zero-order valence-corrected chi connectivity index (χ0v) is 11.4. The molecule has 0 radical (unpaired) electrons. The van der Waals surface area contributed by atoms with Crippen molar-refractivity contribution in [3.63, 3.8) is 0 Å². The number of anilines is 1. The van der Waals surface area contributed by atoms with Gasteiger partial charge in [0.25, 0.3) is 5.91 Å². The summed E-state index contributed by atoms with van der Waals surface area (Å²) in [7, 11) is -4.58.